The minimum Gasteiger partial charge on any atom is -0.409 e. The van der Waals surface area contributed by atoms with Crippen LogP contribution in [-0.2, 0) is 0 Å². The lowest BCUT2D eigenvalue weighted by atomic mass is 10.1. The molecule has 1 amide bonds. The first-order valence-corrected chi connectivity index (χ1v) is 5.93. The predicted octanol–water partition coefficient (Wildman–Crippen LogP) is 1.90. The third kappa shape index (κ3) is 4.25. The zero-order valence-corrected chi connectivity index (χ0v) is 10.9. The van der Waals surface area contributed by atoms with Crippen LogP contribution in [0, 0.1) is 6.92 Å². The summed E-state index contributed by atoms with van der Waals surface area (Å²) >= 11 is 5.82. The second kappa shape index (κ2) is 6.86. The van der Waals surface area contributed by atoms with Gasteiger partial charge < -0.3 is 16.3 Å². The number of hydrogen-bond acceptors (Lipinski definition) is 3. The number of carbonyl (C=O) groups excluding carboxylic acids is 1. The molecular weight excluding hydrogens is 254 g/mol. The van der Waals surface area contributed by atoms with E-state index in [0.29, 0.717) is 30.0 Å². The number of nitrogens with zero attached hydrogens (tertiary/aromatic N) is 1. The summed E-state index contributed by atoms with van der Waals surface area (Å²) in [7, 11) is 0. The Morgan fingerprint density at radius 2 is 2.28 bits per heavy atom. The summed E-state index contributed by atoms with van der Waals surface area (Å²) in [5, 5.41) is 14.6. The van der Waals surface area contributed by atoms with Gasteiger partial charge in [0.05, 0.1) is 0 Å². The summed E-state index contributed by atoms with van der Waals surface area (Å²) in [6, 6.07) is 5.11. The average Bonchev–Trinajstić information content (AvgIpc) is 2.34. The van der Waals surface area contributed by atoms with Crippen molar-refractivity contribution in [2.45, 2.75) is 19.8 Å². The van der Waals surface area contributed by atoms with Gasteiger partial charge in [0.1, 0.15) is 5.84 Å². The molecule has 1 aromatic carbocycles. The van der Waals surface area contributed by atoms with E-state index < -0.39 is 0 Å². The van der Waals surface area contributed by atoms with Crippen LogP contribution in [0.3, 0.4) is 0 Å². The molecule has 1 rings (SSSR count). The molecule has 0 saturated heterocycles. The molecule has 98 valence electrons. The molecule has 0 atom stereocenters. The highest BCUT2D eigenvalue weighted by molar-refractivity contribution is 6.30. The van der Waals surface area contributed by atoms with Gasteiger partial charge in [0.15, 0.2) is 0 Å². The van der Waals surface area contributed by atoms with Crippen LogP contribution >= 0.6 is 11.6 Å². The van der Waals surface area contributed by atoms with Crippen LogP contribution < -0.4 is 11.1 Å². The van der Waals surface area contributed by atoms with Gasteiger partial charge in [-0.1, -0.05) is 16.8 Å². The van der Waals surface area contributed by atoms with Crippen LogP contribution in [0.1, 0.15) is 28.8 Å². The van der Waals surface area contributed by atoms with Gasteiger partial charge in [-0.05, 0) is 37.1 Å². The highest BCUT2D eigenvalue weighted by Crippen LogP contribution is 2.14. The average molecular weight is 270 g/mol. The molecule has 0 aliphatic carbocycles. The van der Waals surface area contributed by atoms with Crippen LogP contribution in [0.25, 0.3) is 0 Å². The van der Waals surface area contributed by atoms with Crippen molar-refractivity contribution < 1.29 is 10.0 Å². The van der Waals surface area contributed by atoms with E-state index in [1.165, 1.54) is 0 Å². The number of carbonyl (C=O) groups is 1. The van der Waals surface area contributed by atoms with E-state index in [4.69, 9.17) is 22.5 Å². The molecule has 4 N–H and O–H groups in total. The highest BCUT2D eigenvalue weighted by Gasteiger charge is 2.08. The van der Waals surface area contributed by atoms with E-state index >= 15 is 0 Å². The molecule has 0 radical (unpaired) electrons. The fourth-order valence-corrected chi connectivity index (χ4v) is 1.73. The number of aryl methyl sites for hydroxylation is 1. The smallest absolute Gasteiger partial charge is 0.251 e. The first kappa shape index (κ1) is 14.3. The first-order chi connectivity index (χ1) is 8.54. The van der Waals surface area contributed by atoms with Crippen LogP contribution in [0.2, 0.25) is 5.02 Å². The van der Waals surface area contributed by atoms with Crippen LogP contribution in [0.15, 0.2) is 23.4 Å². The summed E-state index contributed by atoms with van der Waals surface area (Å²) < 4.78 is 0. The van der Waals surface area contributed by atoms with Gasteiger partial charge in [-0.2, -0.15) is 0 Å². The Bertz CT molecular complexity index is 461. The van der Waals surface area contributed by atoms with Crippen molar-refractivity contribution in [3.05, 3.63) is 34.3 Å². The van der Waals surface area contributed by atoms with E-state index in [1.807, 2.05) is 6.92 Å². The number of benzene rings is 1. The van der Waals surface area contributed by atoms with Gasteiger partial charge in [0.2, 0.25) is 0 Å². The van der Waals surface area contributed by atoms with Crippen molar-refractivity contribution in [3.63, 3.8) is 0 Å². The lowest BCUT2D eigenvalue weighted by molar-refractivity contribution is 0.0953. The molecule has 0 bridgehead atoms. The maximum Gasteiger partial charge on any atom is 0.251 e. The molecular formula is C12H16ClN3O2. The molecule has 18 heavy (non-hydrogen) atoms. The van der Waals surface area contributed by atoms with E-state index in [1.54, 1.807) is 18.2 Å². The van der Waals surface area contributed by atoms with E-state index in [9.17, 15) is 4.79 Å². The standard InChI is InChI=1S/C12H16ClN3O2/c1-8-7-9(13)4-5-10(8)12(17)15-6-2-3-11(14)16-18/h4-5,7,18H,2-3,6H2,1H3,(H2,14,16)(H,15,17). The quantitative estimate of drug-likeness (QED) is 0.251. The highest BCUT2D eigenvalue weighted by atomic mass is 35.5. The molecule has 5 nitrogen and oxygen atoms in total. The second-order valence-electron chi connectivity index (χ2n) is 3.91. The maximum atomic E-state index is 11.8. The molecule has 0 spiro atoms. The number of oxime groups is 1. The molecule has 0 heterocycles. The summed E-state index contributed by atoms with van der Waals surface area (Å²) in [4.78, 5) is 11.8. The van der Waals surface area contributed by atoms with E-state index in [2.05, 4.69) is 10.5 Å². The number of nitrogens with two attached hydrogens (primary N) is 1. The Labute approximate surface area is 111 Å². The molecule has 0 aliphatic heterocycles. The molecule has 6 heteroatoms. The van der Waals surface area contributed by atoms with Crippen molar-refractivity contribution in [2.24, 2.45) is 10.9 Å². The minimum atomic E-state index is -0.149. The number of amidine groups is 1. The maximum absolute atomic E-state index is 11.8. The molecule has 0 saturated carbocycles. The number of amides is 1. The topological polar surface area (TPSA) is 87.7 Å². The van der Waals surface area contributed by atoms with Gasteiger partial charge in [-0.25, -0.2) is 0 Å². The van der Waals surface area contributed by atoms with Crippen molar-refractivity contribution in [3.8, 4) is 0 Å². The predicted molar refractivity (Wildman–Crippen MR) is 71.2 cm³/mol. The third-order valence-electron chi connectivity index (χ3n) is 2.46. The van der Waals surface area contributed by atoms with Gasteiger partial charge >= 0.3 is 0 Å². The SMILES string of the molecule is Cc1cc(Cl)ccc1C(=O)NCCC/C(N)=N/O. The number of halogens is 1. The third-order valence-corrected chi connectivity index (χ3v) is 2.69. The zero-order chi connectivity index (χ0) is 13.5. The van der Waals surface area contributed by atoms with Gasteiger partial charge in [0.25, 0.3) is 5.91 Å². The van der Waals surface area contributed by atoms with Crippen molar-refractivity contribution >= 4 is 23.3 Å². The van der Waals surface area contributed by atoms with Crippen LogP contribution in [0.4, 0.5) is 0 Å². The summed E-state index contributed by atoms with van der Waals surface area (Å²) in [6.45, 7) is 2.30. The number of nitrogens with one attached hydrogen (secondary N) is 1. The number of rotatable bonds is 5. The lowest BCUT2D eigenvalue weighted by Gasteiger charge is -2.07. The Balaban J connectivity index is 2.46. The fourth-order valence-electron chi connectivity index (χ4n) is 1.50. The van der Waals surface area contributed by atoms with Crippen molar-refractivity contribution in [2.75, 3.05) is 6.54 Å². The summed E-state index contributed by atoms with van der Waals surface area (Å²) in [5.74, 6) is 0.00981. The van der Waals surface area contributed by atoms with Gasteiger partial charge in [0, 0.05) is 23.6 Å². The van der Waals surface area contributed by atoms with Crippen LogP contribution in [0.5, 0.6) is 0 Å². The Kier molecular flexibility index (Phi) is 5.45. The van der Waals surface area contributed by atoms with Gasteiger partial charge in [-0.15, -0.1) is 0 Å². The lowest BCUT2D eigenvalue weighted by Crippen LogP contribution is -2.26. The van der Waals surface area contributed by atoms with E-state index in [0.717, 1.165) is 5.56 Å². The Morgan fingerprint density at radius 3 is 2.89 bits per heavy atom. The monoisotopic (exact) mass is 269 g/mol. The van der Waals surface area contributed by atoms with Crippen molar-refractivity contribution in [1.29, 1.82) is 0 Å². The van der Waals surface area contributed by atoms with Gasteiger partial charge in [-0.3, -0.25) is 4.79 Å². The Hall–Kier alpha value is -1.75. The molecule has 0 fully saturated rings. The van der Waals surface area contributed by atoms with E-state index in [-0.39, 0.29) is 11.7 Å². The normalized spacial score (nSPS) is 11.3. The van der Waals surface area contributed by atoms with Crippen LogP contribution in [-0.4, -0.2) is 23.5 Å². The molecule has 0 aromatic heterocycles. The summed E-state index contributed by atoms with van der Waals surface area (Å²) in [6.07, 6.45) is 1.06. The largest absolute Gasteiger partial charge is 0.409 e. The Morgan fingerprint density at radius 1 is 1.56 bits per heavy atom. The first-order valence-electron chi connectivity index (χ1n) is 5.55. The zero-order valence-electron chi connectivity index (χ0n) is 10.1. The van der Waals surface area contributed by atoms with Crippen molar-refractivity contribution in [1.82, 2.24) is 5.32 Å². The fraction of sp³-hybridized carbons (Fsp3) is 0.333. The second-order valence-corrected chi connectivity index (χ2v) is 4.35. The molecule has 1 aromatic rings. The molecule has 0 unspecified atom stereocenters. The minimum absolute atomic E-state index is 0.149. The number of hydrogen-bond donors (Lipinski definition) is 3. The molecule has 0 aliphatic rings. The summed E-state index contributed by atoms with van der Waals surface area (Å²) in [5.41, 5.74) is 6.74.